The Morgan fingerprint density at radius 3 is 2.42 bits per heavy atom. The van der Waals surface area contributed by atoms with Gasteiger partial charge < -0.3 is 20.0 Å². The predicted molar refractivity (Wildman–Crippen MR) is 90.4 cm³/mol. The molecule has 0 bridgehead atoms. The Bertz CT molecular complexity index is 733. The topological polar surface area (TPSA) is 78.5 Å². The molecule has 0 saturated heterocycles. The predicted octanol–water partition coefficient (Wildman–Crippen LogP) is 2.42. The van der Waals surface area contributed by atoms with Gasteiger partial charge in [-0.25, -0.2) is 4.79 Å². The monoisotopic (exact) mass is 328 g/mol. The van der Waals surface area contributed by atoms with Crippen LogP contribution in [0.3, 0.4) is 0 Å². The Kier molecular flexibility index (Phi) is 5.44. The Morgan fingerprint density at radius 1 is 1.12 bits per heavy atom. The zero-order valence-electron chi connectivity index (χ0n) is 14.2. The number of fused-ring (bicyclic) bond motifs is 1. The molecule has 0 unspecified atom stereocenters. The molecule has 1 atom stereocenters. The van der Waals surface area contributed by atoms with Gasteiger partial charge in [-0.15, -0.1) is 0 Å². The van der Waals surface area contributed by atoms with E-state index in [9.17, 15) is 14.7 Å². The molecule has 5 nitrogen and oxygen atoms in total. The van der Waals surface area contributed by atoms with E-state index >= 15 is 0 Å². The van der Waals surface area contributed by atoms with Crippen molar-refractivity contribution in [1.29, 1.82) is 0 Å². The third-order valence-corrected chi connectivity index (χ3v) is 3.43. The standard InChI is InChI=1S/C19H23NO4/c1-19(2,3)24-18(23)20-16(12-17(21)22)11-13-8-9-14-6-4-5-7-15(14)10-13/h4-10,16H,11-12H2,1-3H3,(H,20,23)(H,21,22)/p-1/t16-/m0/s1. The molecular weight excluding hydrogens is 306 g/mol. The van der Waals surface area contributed by atoms with Gasteiger partial charge in [-0.2, -0.15) is 0 Å². The van der Waals surface area contributed by atoms with E-state index in [-0.39, 0.29) is 6.42 Å². The number of hydrogen-bond donors (Lipinski definition) is 1. The number of rotatable bonds is 5. The molecule has 24 heavy (non-hydrogen) atoms. The van der Waals surface area contributed by atoms with Crippen LogP contribution in [0.4, 0.5) is 4.79 Å². The minimum absolute atomic E-state index is 0.272. The van der Waals surface area contributed by atoms with Crippen molar-refractivity contribution in [2.45, 2.75) is 45.3 Å². The Balaban J connectivity index is 2.11. The summed E-state index contributed by atoms with van der Waals surface area (Å²) >= 11 is 0. The first-order chi connectivity index (χ1) is 11.2. The minimum atomic E-state index is -1.21. The fourth-order valence-electron chi connectivity index (χ4n) is 2.50. The Hall–Kier alpha value is -2.56. The molecule has 128 valence electrons. The summed E-state index contributed by atoms with van der Waals surface area (Å²) in [6.45, 7) is 5.26. The van der Waals surface area contributed by atoms with E-state index in [0.29, 0.717) is 6.42 Å². The van der Waals surface area contributed by atoms with Crippen molar-refractivity contribution in [2.75, 3.05) is 0 Å². The van der Waals surface area contributed by atoms with Crippen molar-refractivity contribution in [3.63, 3.8) is 0 Å². The molecule has 0 saturated carbocycles. The smallest absolute Gasteiger partial charge is 0.407 e. The van der Waals surface area contributed by atoms with E-state index < -0.39 is 23.7 Å². The molecule has 0 radical (unpaired) electrons. The largest absolute Gasteiger partial charge is 0.550 e. The van der Waals surface area contributed by atoms with Crippen LogP contribution < -0.4 is 10.4 Å². The van der Waals surface area contributed by atoms with Crippen molar-refractivity contribution in [3.8, 4) is 0 Å². The summed E-state index contributed by atoms with van der Waals surface area (Å²) in [5.74, 6) is -1.21. The highest BCUT2D eigenvalue weighted by Crippen LogP contribution is 2.17. The quantitative estimate of drug-likeness (QED) is 0.914. The maximum Gasteiger partial charge on any atom is 0.407 e. The number of aliphatic carboxylic acids is 1. The van der Waals surface area contributed by atoms with Gasteiger partial charge in [0.2, 0.25) is 0 Å². The van der Waals surface area contributed by atoms with Gasteiger partial charge in [-0.05, 0) is 43.5 Å². The zero-order chi connectivity index (χ0) is 17.7. The van der Waals surface area contributed by atoms with Crippen LogP contribution >= 0.6 is 0 Å². The molecule has 5 heteroatoms. The lowest BCUT2D eigenvalue weighted by Gasteiger charge is -2.24. The molecule has 0 fully saturated rings. The van der Waals surface area contributed by atoms with E-state index in [0.717, 1.165) is 16.3 Å². The molecule has 2 rings (SSSR count). The lowest BCUT2D eigenvalue weighted by atomic mass is 10.00. The number of carbonyl (C=O) groups is 2. The van der Waals surface area contributed by atoms with Gasteiger partial charge in [0, 0.05) is 18.4 Å². The zero-order valence-corrected chi connectivity index (χ0v) is 14.2. The Labute approximate surface area is 141 Å². The summed E-state index contributed by atoms with van der Waals surface area (Å²) in [4.78, 5) is 22.9. The SMILES string of the molecule is CC(C)(C)OC(=O)N[C@H](CC(=O)[O-])Cc1ccc2ccccc2c1. The number of carboxylic acids is 1. The second-order valence-electron chi connectivity index (χ2n) is 6.80. The van der Waals surface area contributed by atoms with Crippen molar-refractivity contribution in [3.05, 3.63) is 48.0 Å². The molecule has 0 aromatic heterocycles. The van der Waals surface area contributed by atoms with E-state index in [4.69, 9.17) is 4.74 Å². The highest BCUT2D eigenvalue weighted by atomic mass is 16.6. The maximum absolute atomic E-state index is 11.9. The fraction of sp³-hybridized carbons (Fsp3) is 0.368. The van der Waals surface area contributed by atoms with E-state index in [1.807, 2.05) is 42.5 Å². The maximum atomic E-state index is 11.9. The average molecular weight is 328 g/mol. The molecule has 0 aliphatic heterocycles. The van der Waals surface area contributed by atoms with Gasteiger partial charge >= 0.3 is 6.09 Å². The average Bonchev–Trinajstić information content (AvgIpc) is 2.44. The third kappa shape index (κ3) is 5.57. The van der Waals surface area contributed by atoms with Gasteiger partial charge in [-0.1, -0.05) is 42.5 Å². The number of alkyl carbamates (subject to hydrolysis) is 1. The summed E-state index contributed by atoms with van der Waals surface area (Å²) in [6, 6.07) is 13.2. The van der Waals surface area contributed by atoms with E-state index in [1.54, 1.807) is 20.8 Å². The van der Waals surface area contributed by atoms with E-state index in [1.165, 1.54) is 0 Å². The van der Waals surface area contributed by atoms with Gasteiger partial charge in [0.1, 0.15) is 5.60 Å². The van der Waals surface area contributed by atoms with E-state index in [2.05, 4.69) is 5.32 Å². The number of carboxylic acid groups (broad SMARTS) is 1. The number of carbonyl (C=O) groups excluding carboxylic acids is 2. The van der Waals surface area contributed by atoms with Crippen LogP contribution in [0.25, 0.3) is 10.8 Å². The molecule has 0 aliphatic carbocycles. The summed E-state index contributed by atoms with van der Waals surface area (Å²) in [6.07, 6.45) is -0.515. The van der Waals surface area contributed by atoms with Crippen molar-refractivity contribution in [2.24, 2.45) is 0 Å². The molecule has 0 spiro atoms. The third-order valence-electron chi connectivity index (χ3n) is 3.43. The second kappa shape index (κ2) is 7.34. The number of amides is 1. The minimum Gasteiger partial charge on any atom is -0.550 e. The lowest BCUT2D eigenvalue weighted by Crippen LogP contribution is -2.43. The van der Waals surface area contributed by atoms with Crippen molar-refractivity contribution >= 4 is 22.8 Å². The van der Waals surface area contributed by atoms with Crippen LogP contribution in [0, 0.1) is 0 Å². The highest BCUT2D eigenvalue weighted by Gasteiger charge is 2.20. The van der Waals surface area contributed by atoms with Crippen LogP contribution in [-0.4, -0.2) is 23.7 Å². The first-order valence-electron chi connectivity index (χ1n) is 7.90. The van der Waals surface area contributed by atoms with Crippen LogP contribution in [0.1, 0.15) is 32.8 Å². The van der Waals surface area contributed by atoms with Gasteiger partial charge in [0.15, 0.2) is 0 Å². The number of hydrogen-bond acceptors (Lipinski definition) is 4. The first-order valence-corrected chi connectivity index (χ1v) is 7.90. The van der Waals surface area contributed by atoms with Crippen molar-refractivity contribution < 1.29 is 19.4 Å². The van der Waals surface area contributed by atoms with Crippen LogP contribution in [0.15, 0.2) is 42.5 Å². The normalized spacial score (nSPS) is 12.6. The summed E-state index contributed by atoms with van der Waals surface area (Å²) in [7, 11) is 0. The molecule has 2 aromatic carbocycles. The molecule has 2 aromatic rings. The Morgan fingerprint density at radius 2 is 1.79 bits per heavy atom. The number of benzene rings is 2. The summed E-state index contributed by atoms with van der Waals surface area (Å²) < 4.78 is 5.19. The van der Waals surface area contributed by atoms with Crippen molar-refractivity contribution in [1.82, 2.24) is 5.32 Å². The first kappa shape index (κ1) is 17.8. The van der Waals surface area contributed by atoms with Crippen LogP contribution in [-0.2, 0) is 16.0 Å². The molecule has 0 heterocycles. The highest BCUT2D eigenvalue weighted by molar-refractivity contribution is 5.83. The van der Waals surface area contributed by atoms with Gasteiger partial charge in [0.05, 0.1) is 0 Å². The molecule has 1 amide bonds. The van der Waals surface area contributed by atoms with Crippen LogP contribution in [0.5, 0.6) is 0 Å². The molecule has 0 aliphatic rings. The molecular formula is C19H22NO4-. The van der Waals surface area contributed by atoms with Crippen LogP contribution in [0.2, 0.25) is 0 Å². The summed E-state index contributed by atoms with van der Waals surface area (Å²) in [5.41, 5.74) is 0.301. The number of nitrogens with one attached hydrogen (secondary N) is 1. The fourth-order valence-corrected chi connectivity index (χ4v) is 2.50. The van der Waals surface area contributed by atoms with Gasteiger partial charge in [-0.3, -0.25) is 0 Å². The number of ether oxygens (including phenoxy) is 1. The molecule has 1 N–H and O–H groups in total. The second-order valence-corrected chi connectivity index (χ2v) is 6.80. The summed E-state index contributed by atoms with van der Waals surface area (Å²) in [5, 5.41) is 15.8. The van der Waals surface area contributed by atoms with Gasteiger partial charge in [0.25, 0.3) is 0 Å². The lowest BCUT2D eigenvalue weighted by molar-refractivity contribution is -0.306.